The third kappa shape index (κ3) is 2.12. The average molecular weight is 299 g/mol. The predicted octanol–water partition coefficient (Wildman–Crippen LogP) is 0.277. The van der Waals surface area contributed by atoms with Crippen molar-refractivity contribution < 1.29 is 18.3 Å². The van der Waals surface area contributed by atoms with E-state index in [1.807, 2.05) is 0 Å². The summed E-state index contributed by atoms with van der Waals surface area (Å²) in [6.07, 6.45) is 2.81. The molecule has 0 amide bonds. The number of nitrogens with two attached hydrogens (primary N) is 1. The smallest absolute Gasteiger partial charge is 0.356 e. The number of rotatable bonds is 2. The molecule has 1 fully saturated rings. The highest BCUT2D eigenvalue weighted by Gasteiger charge is 2.36. The fourth-order valence-corrected chi connectivity index (χ4v) is 4.87. The van der Waals surface area contributed by atoms with E-state index in [0.717, 1.165) is 18.5 Å². The zero-order chi connectivity index (χ0) is 14.5. The van der Waals surface area contributed by atoms with Crippen molar-refractivity contribution in [2.75, 3.05) is 11.5 Å². The van der Waals surface area contributed by atoms with Crippen LogP contribution in [0.4, 0.5) is 0 Å². The molecule has 1 aromatic rings. The van der Waals surface area contributed by atoms with Crippen LogP contribution in [-0.2, 0) is 16.3 Å². The Bertz CT molecular complexity index is 664. The second-order valence-corrected chi connectivity index (χ2v) is 7.74. The van der Waals surface area contributed by atoms with E-state index in [-0.39, 0.29) is 29.3 Å². The molecule has 110 valence electrons. The van der Waals surface area contributed by atoms with Crippen molar-refractivity contribution in [3.05, 3.63) is 17.0 Å². The first kappa shape index (κ1) is 13.6. The summed E-state index contributed by atoms with van der Waals surface area (Å²) < 4.78 is 24.8. The maximum atomic E-state index is 11.6. The highest BCUT2D eigenvalue weighted by Crippen LogP contribution is 2.34. The Balaban J connectivity index is 2.08. The van der Waals surface area contributed by atoms with Crippen molar-refractivity contribution in [2.24, 2.45) is 5.73 Å². The van der Waals surface area contributed by atoms with Gasteiger partial charge in [-0.3, -0.25) is 4.68 Å². The molecule has 1 aliphatic carbocycles. The van der Waals surface area contributed by atoms with Gasteiger partial charge in [-0.2, -0.15) is 5.10 Å². The zero-order valence-corrected chi connectivity index (χ0v) is 11.8. The van der Waals surface area contributed by atoms with E-state index >= 15 is 0 Å². The van der Waals surface area contributed by atoms with Crippen molar-refractivity contribution in [3.63, 3.8) is 0 Å². The maximum Gasteiger partial charge on any atom is 0.356 e. The van der Waals surface area contributed by atoms with E-state index in [2.05, 4.69) is 5.10 Å². The quantitative estimate of drug-likeness (QED) is 0.810. The predicted molar refractivity (Wildman–Crippen MR) is 71.4 cm³/mol. The molecule has 1 aliphatic heterocycles. The second kappa shape index (κ2) is 4.56. The Morgan fingerprint density at radius 1 is 1.40 bits per heavy atom. The summed E-state index contributed by atoms with van der Waals surface area (Å²) in [6.45, 7) is 0. The van der Waals surface area contributed by atoms with E-state index in [9.17, 15) is 18.3 Å². The average Bonchev–Trinajstić information content (AvgIpc) is 2.90. The molecule has 0 spiro atoms. The minimum absolute atomic E-state index is 0.0171. The standard InChI is InChI=1S/C12H17N3O4S/c13-8-2-1-3-9-10(8)11(12(16)17)14-15(9)7-4-5-20(18,19)6-7/h7-8H,1-6,13H2,(H,16,17). The molecule has 1 saturated heterocycles. The van der Waals surface area contributed by atoms with Gasteiger partial charge in [0.15, 0.2) is 15.5 Å². The maximum absolute atomic E-state index is 11.6. The molecule has 0 saturated carbocycles. The van der Waals surface area contributed by atoms with Gasteiger partial charge >= 0.3 is 5.97 Å². The molecule has 2 unspecified atom stereocenters. The lowest BCUT2D eigenvalue weighted by atomic mass is 9.91. The molecule has 2 atom stereocenters. The van der Waals surface area contributed by atoms with Crippen LogP contribution in [0.3, 0.4) is 0 Å². The first-order valence-electron chi connectivity index (χ1n) is 6.69. The van der Waals surface area contributed by atoms with Gasteiger partial charge in [0, 0.05) is 17.3 Å². The van der Waals surface area contributed by atoms with Crippen molar-refractivity contribution in [1.29, 1.82) is 0 Å². The Hall–Kier alpha value is -1.41. The number of fused-ring (bicyclic) bond motifs is 1. The Morgan fingerprint density at radius 2 is 2.15 bits per heavy atom. The normalized spacial score (nSPS) is 28.2. The van der Waals surface area contributed by atoms with Crippen LogP contribution in [0.25, 0.3) is 0 Å². The van der Waals surface area contributed by atoms with Crippen molar-refractivity contribution in [2.45, 2.75) is 37.8 Å². The number of carboxylic acids is 1. The topological polar surface area (TPSA) is 115 Å². The van der Waals surface area contributed by atoms with Gasteiger partial charge in [-0.05, 0) is 25.7 Å². The van der Waals surface area contributed by atoms with Gasteiger partial charge in [0.2, 0.25) is 0 Å². The summed E-state index contributed by atoms with van der Waals surface area (Å²) >= 11 is 0. The van der Waals surface area contributed by atoms with Gasteiger partial charge in [0.25, 0.3) is 0 Å². The molecular weight excluding hydrogens is 282 g/mol. The summed E-state index contributed by atoms with van der Waals surface area (Å²) in [7, 11) is -3.03. The van der Waals surface area contributed by atoms with Crippen molar-refractivity contribution in [3.8, 4) is 0 Å². The Kier molecular flexibility index (Phi) is 3.09. The number of carboxylic acid groups (broad SMARTS) is 1. The van der Waals surface area contributed by atoms with E-state index in [1.165, 1.54) is 0 Å². The molecule has 7 nitrogen and oxygen atoms in total. The lowest BCUT2D eigenvalue weighted by Gasteiger charge is -2.21. The lowest BCUT2D eigenvalue weighted by molar-refractivity contribution is 0.0687. The van der Waals surface area contributed by atoms with Gasteiger partial charge in [0.05, 0.1) is 17.5 Å². The number of hydrogen-bond donors (Lipinski definition) is 2. The van der Waals surface area contributed by atoms with E-state index in [4.69, 9.17) is 5.73 Å². The molecule has 2 heterocycles. The van der Waals surface area contributed by atoms with Crippen LogP contribution >= 0.6 is 0 Å². The molecule has 3 rings (SSSR count). The van der Waals surface area contributed by atoms with Crippen molar-refractivity contribution in [1.82, 2.24) is 9.78 Å². The van der Waals surface area contributed by atoms with Gasteiger partial charge in [-0.25, -0.2) is 13.2 Å². The van der Waals surface area contributed by atoms with Crippen molar-refractivity contribution >= 4 is 15.8 Å². The molecule has 0 bridgehead atoms. The molecule has 3 N–H and O–H groups in total. The first-order valence-corrected chi connectivity index (χ1v) is 8.52. The zero-order valence-electron chi connectivity index (χ0n) is 10.9. The van der Waals surface area contributed by atoms with Gasteiger partial charge < -0.3 is 10.8 Å². The summed E-state index contributed by atoms with van der Waals surface area (Å²) in [6, 6.07) is -0.580. The van der Waals surface area contributed by atoms with Gasteiger partial charge in [0.1, 0.15) is 0 Å². The van der Waals surface area contributed by atoms with Crippen LogP contribution in [-0.4, -0.2) is 40.8 Å². The first-order chi connectivity index (χ1) is 9.39. The molecule has 8 heteroatoms. The number of carbonyl (C=O) groups is 1. The third-order valence-corrected chi connectivity index (χ3v) is 5.86. The third-order valence-electron chi connectivity index (χ3n) is 4.11. The minimum atomic E-state index is -3.03. The highest BCUT2D eigenvalue weighted by molar-refractivity contribution is 7.91. The van der Waals surface area contributed by atoms with E-state index in [0.29, 0.717) is 18.4 Å². The molecule has 20 heavy (non-hydrogen) atoms. The summed E-state index contributed by atoms with van der Waals surface area (Å²) in [4.78, 5) is 11.3. The molecular formula is C12H17N3O4S. The second-order valence-electron chi connectivity index (χ2n) is 5.51. The fraction of sp³-hybridized carbons (Fsp3) is 0.667. The summed E-state index contributed by atoms with van der Waals surface area (Å²) in [5.74, 6) is -0.922. The minimum Gasteiger partial charge on any atom is -0.476 e. The van der Waals surface area contributed by atoms with Crippen LogP contribution in [0.2, 0.25) is 0 Å². The van der Waals surface area contributed by atoms with Crippen LogP contribution in [0.1, 0.15) is 53.1 Å². The molecule has 0 aromatic carbocycles. The lowest BCUT2D eigenvalue weighted by Crippen LogP contribution is -2.21. The van der Waals surface area contributed by atoms with Crippen LogP contribution < -0.4 is 5.73 Å². The van der Waals surface area contributed by atoms with E-state index in [1.54, 1.807) is 4.68 Å². The largest absolute Gasteiger partial charge is 0.476 e. The fourth-order valence-electron chi connectivity index (χ4n) is 3.18. The summed E-state index contributed by atoms with van der Waals surface area (Å²) in [5.41, 5.74) is 7.40. The van der Waals surface area contributed by atoms with E-state index < -0.39 is 15.8 Å². The molecule has 0 radical (unpaired) electrons. The SMILES string of the molecule is NC1CCCc2c1c(C(=O)O)nn2C1CCS(=O)(=O)C1. The highest BCUT2D eigenvalue weighted by atomic mass is 32.2. The number of sulfone groups is 1. The number of hydrogen-bond acceptors (Lipinski definition) is 5. The molecule has 2 aliphatic rings. The number of aromatic carboxylic acids is 1. The van der Waals surface area contributed by atoms with Crippen LogP contribution in [0.15, 0.2) is 0 Å². The Labute approximate surface area is 116 Å². The summed E-state index contributed by atoms with van der Waals surface area (Å²) in [5, 5.41) is 13.4. The number of aromatic nitrogens is 2. The van der Waals surface area contributed by atoms with Gasteiger partial charge in [-0.1, -0.05) is 0 Å². The molecule has 1 aromatic heterocycles. The Morgan fingerprint density at radius 3 is 2.75 bits per heavy atom. The monoisotopic (exact) mass is 299 g/mol. The van der Waals surface area contributed by atoms with Gasteiger partial charge in [-0.15, -0.1) is 0 Å². The number of nitrogens with zero attached hydrogens (tertiary/aromatic N) is 2. The van der Waals surface area contributed by atoms with Crippen LogP contribution in [0, 0.1) is 0 Å². The van der Waals surface area contributed by atoms with Crippen LogP contribution in [0.5, 0.6) is 0 Å².